The first-order valence-corrected chi connectivity index (χ1v) is 7.97. The van der Waals surface area contributed by atoms with Crippen molar-refractivity contribution in [3.05, 3.63) is 64.4 Å². The maximum Gasteiger partial charge on any atom is 0.223 e. The molecule has 1 aliphatic carbocycles. The Bertz CT molecular complexity index is 630. The van der Waals surface area contributed by atoms with Gasteiger partial charge in [0, 0.05) is 35.2 Å². The minimum atomic E-state index is 0.118. The van der Waals surface area contributed by atoms with Crippen molar-refractivity contribution in [2.45, 2.75) is 18.8 Å². The summed E-state index contributed by atoms with van der Waals surface area (Å²) in [4.78, 5) is 16.4. The van der Waals surface area contributed by atoms with Crippen LogP contribution in [-0.4, -0.2) is 17.4 Å². The smallest absolute Gasteiger partial charge is 0.223 e. The van der Waals surface area contributed by atoms with E-state index in [0.29, 0.717) is 12.5 Å². The highest BCUT2D eigenvalue weighted by Crippen LogP contribution is 2.49. The van der Waals surface area contributed by atoms with Gasteiger partial charge in [-0.2, -0.15) is 0 Å². The molecular weight excluding hydrogens is 328 g/mol. The van der Waals surface area contributed by atoms with Crippen molar-refractivity contribution >= 4 is 21.8 Å². The fourth-order valence-electron chi connectivity index (χ4n) is 2.60. The Hall–Kier alpha value is -1.68. The van der Waals surface area contributed by atoms with Crippen molar-refractivity contribution in [1.29, 1.82) is 0 Å². The molecule has 1 aliphatic rings. The Morgan fingerprint density at radius 3 is 2.81 bits per heavy atom. The predicted molar refractivity (Wildman–Crippen MR) is 85.9 cm³/mol. The largest absolute Gasteiger partial charge is 0.355 e. The van der Waals surface area contributed by atoms with Gasteiger partial charge in [0.2, 0.25) is 5.91 Å². The summed E-state index contributed by atoms with van der Waals surface area (Å²) in [5.41, 5.74) is 2.25. The molecule has 2 atom stereocenters. The lowest BCUT2D eigenvalue weighted by atomic mass is 10.1. The number of hydrogen-bond acceptors (Lipinski definition) is 2. The van der Waals surface area contributed by atoms with E-state index in [9.17, 15) is 4.79 Å². The second-order valence-electron chi connectivity index (χ2n) is 5.33. The molecule has 2 aromatic rings. The maximum atomic E-state index is 12.1. The van der Waals surface area contributed by atoms with Gasteiger partial charge >= 0.3 is 0 Å². The van der Waals surface area contributed by atoms with Crippen molar-refractivity contribution < 1.29 is 4.79 Å². The second kappa shape index (κ2) is 6.39. The molecule has 1 N–H and O–H groups in total. The number of aromatic nitrogens is 1. The van der Waals surface area contributed by atoms with Crippen LogP contribution in [0.4, 0.5) is 0 Å². The zero-order valence-electron chi connectivity index (χ0n) is 11.6. The van der Waals surface area contributed by atoms with Crippen molar-refractivity contribution in [3.63, 3.8) is 0 Å². The van der Waals surface area contributed by atoms with Crippen molar-refractivity contribution in [2.24, 2.45) is 5.92 Å². The molecule has 108 valence electrons. The number of carbonyl (C=O) groups excluding carboxylic acids is 1. The van der Waals surface area contributed by atoms with E-state index in [1.54, 1.807) is 6.20 Å². The Morgan fingerprint density at radius 1 is 1.24 bits per heavy atom. The molecule has 1 amide bonds. The molecule has 1 heterocycles. The molecule has 4 heteroatoms. The molecule has 1 saturated carbocycles. The van der Waals surface area contributed by atoms with Crippen molar-refractivity contribution in [1.82, 2.24) is 10.3 Å². The lowest BCUT2D eigenvalue weighted by Crippen LogP contribution is -2.27. The van der Waals surface area contributed by atoms with E-state index < -0.39 is 0 Å². The number of benzene rings is 1. The van der Waals surface area contributed by atoms with E-state index in [0.717, 1.165) is 23.0 Å². The van der Waals surface area contributed by atoms with Crippen LogP contribution in [0.5, 0.6) is 0 Å². The molecule has 2 unspecified atom stereocenters. The Labute approximate surface area is 132 Å². The van der Waals surface area contributed by atoms with Crippen LogP contribution in [0.25, 0.3) is 0 Å². The molecule has 3 rings (SSSR count). The molecule has 0 aliphatic heterocycles. The van der Waals surface area contributed by atoms with E-state index in [-0.39, 0.29) is 11.8 Å². The average Bonchev–Trinajstić information content (AvgIpc) is 3.29. The third-order valence-electron chi connectivity index (χ3n) is 3.84. The van der Waals surface area contributed by atoms with Gasteiger partial charge in [-0.3, -0.25) is 9.78 Å². The number of nitrogens with zero attached hydrogens (tertiary/aromatic N) is 1. The minimum Gasteiger partial charge on any atom is -0.355 e. The van der Waals surface area contributed by atoms with E-state index in [4.69, 9.17) is 0 Å². The molecule has 3 nitrogen and oxygen atoms in total. The first-order valence-electron chi connectivity index (χ1n) is 7.18. The van der Waals surface area contributed by atoms with Gasteiger partial charge in [0.1, 0.15) is 0 Å². The van der Waals surface area contributed by atoms with Crippen LogP contribution >= 0.6 is 15.9 Å². The number of nitrogens with one attached hydrogen (secondary N) is 1. The SMILES string of the molecule is O=C(NCCc1ccccn1)C1CC1c1ccccc1Br. The second-order valence-corrected chi connectivity index (χ2v) is 6.19. The van der Waals surface area contributed by atoms with Crippen LogP contribution in [0, 0.1) is 5.92 Å². The summed E-state index contributed by atoms with van der Waals surface area (Å²) in [5.74, 6) is 0.634. The van der Waals surface area contributed by atoms with Crippen molar-refractivity contribution in [3.8, 4) is 0 Å². The zero-order chi connectivity index (χ0) is 14.7. The summed E-state index contributed by atoms with van der Waals surface area (Å²) in [6.45, 7) is 0.648. The van der Waals surface area contributed by atoms with E-state index in [1.807, 2.05) is 36.4 Å². The number of carbonyl (C=O) groups is 1. The molecule has 0 spiro atoms. The van der Waals surface area contributed by atoms with E-state index in [1.165, 1.54) is 5.56 Å². The quantitative estimate of drug-likeness (QED) is 0.903. The highest BCUT2D eigenvalue weighted by molar-refractivity contribution is 9.10. The number of rotatable bonds is 5. The summed E-state index contributed by atoms with van der Waals surface area (Å²) in [5, 5.41) is 3.02. The van der Waals surface area contributed by atoms with Crippen LogP contribution < -0.4 is 5.32 Å². The molecule has 0 saturated heterocycles. The molecule has 1 aromatic carbocycles. The number of halogens is 1. The monoisotopic (exact) mass is 344 g/mol. The van der Waals surface area contributed by atoms with Gasteiger partial charge in [0.05, 0.1) is 0 Å². The summed E-state index contributed by atoms with van der Waals surface area (Å²) in [6.07, 6.45) is 3.50. The van der Waals surface area contributed by atoms with Crippen LogP contribution in [-0.2, 0) is 11.2 Å². The third-order valence-corrected chi connectivity index (χ3v) is 4.56. The topological polar surface area (TPSA) is 42.0 Å². The van der Waals surface area contributed by atoms with Gasteiger partial charge in [-0.05, 0) is 36.1 Å². The third kappa shape index (κ3) is 3.50. The lowest BCUT2D eigenvalue weighted by Gasteiger charge is -2.06. The zero-order valence-corrected chi connectivity index (χ0v) is 13.2. The number of hydrogen-bond donors (Lipinski definition) is 1. The highest BCUT2D eigenvalue weighted by atomic mass is 79.9. The van der Waals surface area contributed by atoms with Gasteiger partial charge in [0.25, 0.3) is 0 Å². The number of amides is 1. The van der Waals surface area contributed by atoms with Gasteiger partial charge in [0.15, 0.2) is 0 Å². The number of pyridine rings is 1. The van der Waals surface area contributed by atoms with Crippen LogP contribution in [0.3, 0.4) is 0 Å². The predicted octanol–water partition coefficient (Wildman–Crippen LogP) is 3.31. The summed E-state index contributed by atoms with van der Waals surface area (Å²) >= 11 is 3.56. The van der Waals surface area contributed by atoms with Crippen LogP contribution in [0.15, 0.2) is 53.1 Å². The fourth-order valence-corrected chi connectivity index (χ4v) is 3.17. The Kier molecular flexibility index (Phi) is 4.34. The van der Waals surface area contributed by atoms with Gasteiger partial charge < -0.3 is 5.32 Å². The molecule has 0 radical (unpaired) electrons. The highest BCUT2D eigenvalue weighted by Gasteiger charge is 2.44. The lowest BCUT2D eigenvalue weighted by molar-refractivity contribution is -0.122. The van der Waals surface area contributed by atoms with Gasteiger partial charge in [-0.25, -0.2) is 0 Å². The molecule has 0 bridgehead atoms. The summed E-state index contributed by atoms with van der Waals surface area (Å²) in [6, 6.07) is 14.0. The van der Waals surface area contributed by atoms with Crippen molar-refractivity contribution in [2.75, 3.05) is 6.54 Å². The minimum absolute atomic E-state index is 0.118. The Balaban J connectivity index is 1.49. The summed E-state index contributed by atoms with van der Waals surface area (Å²) < 4.78 is 1.10. The van der Waals surface area contributed by atoms with E-state index in [2.05, 4.69) is 32.3 Å². The standard InChI is InChI=1S/C17H17BrN2O/c18-16-7-2-1-6-13(16)14-11-15(14)17(21)20-10-8-12-5-3-4-9-19-12/h1-7,9,14-15H,8,10-11H2,(H,20,21). The van der Waals surface area contributed by atoms with Crippen LogP contribution in [0.1, 0.15) is 23.6 Å². The fraction of sp³-hybridized carbons (Fsp3) is 0.294. The molecular formula is C17H17BrN2O. The van der Waals surface area contributed by atoms with Gasteiger partial charge in [-0.1, -0.05) is 40.2 Å². The van der Waals surface area contributed by atoms with Crippen LogP contribution in [0.2, 0.25) is 0 Å². The first-order chi connectivity index (χ1) is 10.3. The average molecular weight is 345 g/mol. The summed E-state index contributed by atoms with van der Waals surface area (Å²) in [7, 11) is 0. The maximum absolute atomic E-state index is 12.1. The molecule has 1 aromatic heterocycles. The normalized spacial score (nSPS) is 20.0. The molecule has 1 fully saturated rings. The van der Waals surface area contributed by atoms with Gasteiger partial charge in [-0.15, -0.1) is 0 Å². The van der Waals surface area contributed by atoms with E-state index >= 15 is 0 Å². The molecule has 21 heavy (non-hydrogen) atoms. The first kappa shape index (κ1) is 14.3. The Morgan fingerprint density at radius 2 is 2.05 bits per heavy atom.